The summed E-state index contributed by atoms with van der Waals surface area (Å²) < 4.78 is 13.0. The lowest BCUT2D eigenvalue weighted by Gasteiger charge is -2.09. The molecule has 0 spiro atoms. The number of aromatic nitrogens is 1. The third-order valence-corrected chi connectivity index (χ3v) is 3.00. The predicted octanol–water partition coefficient (Wildman–Crippen LogP) is 3.58. The highest BCUT2D eigenvalue weighted by Crippen LogP contribution is 2.19. The van der Waals surface area contributed by atoms with Crippen molar-refractivity contribution in [2.45, 2.75) is 0 Å². The molecule has 4 nitrogen and oxygen atoms in total. The fourth-order valence-corrected chi connectivity index (χ4v) is 1.81. The van der Waals surface area contributed by atoms with Crippen molar-refractivity contribution < 1.29 is 9.18 Å². The molecule has 0 aliphatic carbocycles. The molecule has 0 saturated heterocycles. The number of rotatable bonds is 4. The van der Waals surface area contributed by atoms with Gasteiger partial charge in [-0.15, -0.1) is 0 Å². The molecule has 0 atom stereocenters. The number of benzene rings is 1. The van der Waals surface area contributed by atoms with E-state index >= 15 is 0 Å². The molecule has 2 aromatic rings. The summed E-state index contributed by atoms with van der Waals surface area (Å²) in [5.74, 6) is -0.816. The van der Waals surface area contributed by atoms with Crippen molar-refractivity contribution in [1.29, 1.82) is 0 Å². The van der Waals surface area contributed by atoms with Gasteiger partial charge in [0.05, 0.1) is 17.3 Å². The summed E-state index contributed by atoms with van der Waals surface area (Å²) in [6, 6.07) is 7.42. The van der Waals surface area contributed by atoms with Crippen LogP contribution < -0.4 is 10.6 Å². The second kappa shape index (κ2) is 6.54. The first-order valence-electron chi connectivity index (χ1n) is 5.65. The number of carbonyl (C=O) groups is 1. The van der Waals surface area contributed by atoms with E-state index in [1.165, 1.54) is 24.4 Å². The standard InChI is InChI=1S/C13H10Cl2FN3O/c14-9-6-8(3-4-10(9)16)18-7-12(20)19-11-2-1-5-17-13(11)15/h1-6,18H,7H2,(H,19,20). The third-order valence-electron chi connectivity index (χ3n) is 2.41. The Balaban J connectivity index is 1.92. The van der Waals surface area contributed by atoms with Gasteiger partial charge in [-0.25, -0.2) is 9.37 Å². The zero-order chi connectivity index (χ0) is 14.5. The van der Waals surface area contributed by atoms with Crippen LogP contribution in [-0.4, -0.2) is 17.4 Å². The number of amides is 1. The number of pyridine rings is 1. The van der Waals surface area contributed by atoms with E-state index < -0.39 is 5.82 Å². The van der Waals surface area contributed by atoms with Gasteiger partial charge in [0, 0.05) is 11.9 Å². The van der Waals surface area contributed by atoms with Crippen LogP contribution in [0.25, 0.3) is 0 Å². The lowest BCUT2D eigenvalue weighted by Crippen LogP contribution is -2.22. The molecule has 0 fully saturated rings. The summed E-state index contributed by atoms with van der Waals surface area (Å²) in [5, 5.41) is 5.63. The Bertz CT molecular complexity index is 637. The van der Waals surface area contributed by atoms with Gasteiger partial charge in [0.1, 0.15) is 5.82 Å². The van der Waals surface area contributed by atoms with E-state index in [0.29, 0.717) is 11.4 Å². The summed E-state index contributed by atoms with van der Waals surface area (Å²) >= 11 is 11.5. The lowest BCUT2D eigenvalue weighted by atomic mass is 10.3. The second-order valence-corrected chi connectivity index (χ2v) is 4.64. The van der Waals surface area contributed by atoms with Gasteiger partial charge in [0.25, 0.3) is 0 Å². The average molecular weight is 314 g/mol. The van der Waals surface area contributed by atoms with Crippen LogP contribution in [0.15, 0.2) is 36.5 Å². The first-order chi connectivity index (χ1) is 9.56. The maximum absolute atomic E-state index is 13.0. The molecule has 0 aliphatic rings. The minimum absolute atomic E-state index is 0.00676. The van der Waals surface area contributed by atoms with Gasteiger partial charge >= 0.3 is 0 Å². The summed E-state index contributed by atoms with van der Waals surface area (Å²) in [7, 11) is 0. The smallest absolute Gasteiger partial charge is 0.243 e. The molecular formula is C13H10Cl2FN3O. The first kappa shape index (κ1) is 14.6. The molecule has 0 aliphatic heterocycles. The Morgan fingerprint density at radius 2 is 2.10 bits per heavy atom. The number of hydrogen-bond acceptors (Lipinski definition) is 3. The summed E-state index contributed by atoms with van der Waals surface area (Å²) in [6.45, 7) is -0.00676. The number of carbonyl (C=O) groups excluding carboxylic acids is 1. The Labute approximate surface area is 124 Å². The van der Waals surface area contributed by atoms with Crippen molar-refractivity contribution in [2.24, 2.45) is 0 Å². The van der Waals surface area contributed by atoms with Crippen molar-refractivity contribution >= 4 is 40.5 Å². The SMILES string of the molecule is O=C(CNc1ccc(F)c(Cl)c1)Nc1cccnc1Cl. The van der Waals surface area contributed by atoms with Crippen LogP contribution in [0.3, 0.4) is 0 Å². The monoisotopic (exact) mass is 313 g/mol. The van der Waals surface area contributed by atoms with E-state index in [2.05, 4.69) is 15.6 Å². The maximum atomic E-state index is 13.0. The van der Waals surface area contributed by atoms with Crippen LogP contribution in [0.5, 0.6) is 0 Å². The van der Waals surface area contributed by atoms with Crippen LogP contribution in [0, 0.1) is 5.82 Å². The Hall–Kier alpha value is -1.85. The van der Waals surface area contributed by atoms with Gasteiger partial charge in [0.15, 0.2) is 5.15 Å². The van der Waals surface area contributed by atoms with Gasteiger partial charge in [-0.1, -0.05) is 23.2 Å². The summed E-state index contributed by atoms with van der Waals surface area (Å²) in [6.07, 6.45) is 1.52. The van der Waals surface area contributed by atoms with Gasteiger partial charge in [-0.05, 0) is 30.3 Å². The van der Waals surface area contributed by atoms with Crippen molar-refractivity contribution in [3.05, 3.63) is 52.5 Å². The fraction of sp³-hybridized carbons (Fsp3) is 0.0769. The van der Waals surface area contributed by atoms with Crippen LogP contribution in [-0.2, 0) is 4.79 Å². The molecule has 0 saturated carbocycles. The Morgan fingerprint density at radius 1 is 1.30 bits per heavy atom. The maximum Gasteiger partial charge on any atom is 0.243 e. The van der Waals surface area contributed by atoms with E-state index in [4.69, 9.17) is 23.2 Å². The Kier molecular flexibility index (Phi) is 4.76. The molecule has 2 rings (SSSR count). The fourth-order valence-electron chi connectivity index (χ4n) is 1.46. The molecule has 7 heteroatoms. The normalized spacial score (nSPS) is 10.2. The number of hydrogen-bond donors (Lipinski definition) is 2. The first-order valence-corrected chi connectivity index (χ1v) is 6.41. The van der Waals surface area contributed by atoms with Crippen molar-refractivity contribution in [2.75, 3.05) is 17.2 Å². The van der Waals surface area contributed by atoms with Gasteiger partial charge in [-0.3, -0.25) is 4.79 Å². The zero-order valence-electron chi connectivity index (χ0n) is 10.2. The molecule has 1 aromatic carbocycles. The van der Waals surface area contributed by atoms with Crippen molar-refractivity contribution in [3.8, 4) is 0 Å². The number of halogens is 3. The Morgan fingerprint density at radius 3 is 2.80 bits per heavy atom. The van der Waals surface area contributed by atoms with Crippen LogP contribution in [0.2, 0.25) is 10.2 Å². The molecule has 104 valence electrons. The van der Waals surface area contributed by atoms with Crippen molar-refractivity contribution in [3.63, 3.8) is 0 Å². The molecular weight excluding hydrogens is 304 g/mol. The van der Waals surface area contributed by atoms with E-state index in [-0.39, 0.29) is 22.6 Å². The third kappa shape index (κ3) is 3.82. The molecule has 1 heterocycles. The van der Waals surface area contributed by atoms with Gasteiger partial charge in [-0.2, -0.15) is 0 Å². The highest BCUT2D eigenvalue weighted by Gasteiger charge is 2.06. The molecule has 2 N–H and O–H groups in total. The zero-order valence-corrected chi connectivity index (χ0v) is 11.7. The number of nitrogens with one attached hydrogen (secondary N) is 2. The van der Waals surface area contributed by atoms with Crippen LogP contribution in [0.4, 0.5) is 15.8 Å². The highest BCUT2D eigenvalue weighted by molar-refractivity contribution is 6.32. The molecule has 20 heavy (non-hydrogen) atoms. The molecule has 0 radical (unpaired) electrons. The van der Waals surface area contributed by atoms with E-state index in [9.17, 15) is 9.18 Å². The van der Waals surface area contributed by atoms with Crippen molar-refractivity contribution in [1.82, 2.24) is 4.98 Å². The highest BCUT2D eigenvalue weighted by atomic mass is 35.5. The lowest BCUT2D eigenvalue weighted by molar-refractivity contribution is -0.114. The van der Waals surface area contributed by atoms with Gasteiger partial charge < -0.3 is 10.6 Å². The second-order valence-electron chi connectivity index (χ2n) is 3.87. The average Bonchev–Trinajstić information content (AvgIpc) is 2.43. The quantitative estimate of drug-likeness (QED) is 0.848. The van der Waals surface area contributed by atoms with Crippen LogP contribution in [0.1, 0.15) is 0 Å². The predicted molar refractivity (Wildman–Crippen MR) is 77.8 cm³/mol. The minimum Gasteiger partial charge on any atom is -0.376 e. The van der Waals surface area contributed by atoms with Crippen LogP contribution >= 0.6 is 23.2 Å². The topological polar surface area (TPSA) is 54.0 Å². The molecule has 0 unspecified atom stereocenters. The summed E-state index contributed by atoms with van der Waals surface area (Å²) in [5.41, 5.74) is 0.974. The number of anilines is 2. The van der Waals surface area contributed by atoms with Gasteiger partial charge in [0.2, 0.25) is 5.91 Å². The number of nitrogens with zero attached hydrogens (tertiary/aromatic N) is 1. The molecule has 1 amide bonds. The molecule has 0 bridgehead atoms. The molecule has 1 aromatic heterocycles. The van der Waals surface area contributed by atoms with E-state index in [1.807, 2.05) is 0 Å². The van der Waals surface area contributed by atoms with E-state index in [0.717, 1.165) is 0 Å². The summed E-state index contributed by atoms with van der Waals surface area (Å²) in [4.78, 5) is 15.6. The largest absolute Gasteiger partial charge is 0.376 e. The van der Waals surface area contributed by atoms with E-state index in [1.54, 1.807) is 12.1 Å². The minimum atomic E-state index is -0.510.